The number of amides is 1. The van der Waals surface area contributed by atoms with Crippen molar-refractivity contribution in [1.82, 2.24) is 9.79 Å². The van der Waals surface area contributed by atoms with Crippen molar-refractivity contribution in [2.75, 3.05) is 0 Å². The minimum absolute atomic E-state index is 0.0361. The predicted molar refractivity (Wildman–Crippen MR) is 161 cm³/mol. The van der Waals surface area contributed by atoms with Gasteiger partial charge in [0.05, 0.1) is 5.56 Å². The summed E-state index contributed by atoms with van der Waals surface area (Å²) in [6.07, 6.45) is 1.50. The molecule has 8 rings (SSSR count). The third-order valence-corrected chi connectivity index (χ3v) is 7.54. The van der Waals surface area contributed by atoms with E-state index in [1.165, 1.54) is 18.3 Å². The Hall–Kier alpha value is -5.57. The molecule has 0 radical (unpaired) electrons. The molecule has 1 aliphatic heterocycles. The van der Waals surface area contributed by atoms with Crippen LogP contribution in [0.4, 0.5) is 14.4 Å². The van der Waals surface area contributed by atoms with Crippen molar-refractivity contribution in [3.05, 3.63) is 120 Å². The normalized spacial score (nSPS) is 14.0. The minimum atomic E-state index is -3.11. The molecule has 0 aliphatic carbocycles. The van der Waals surface area contributed by atoms with Gasteiger partial charge in [0, 0.05) is 22.5 Å². The van der Waals surface area contributed by atoms with Crippen LogP contribution in [0.5, 0.6) is 0 Å². The summed E-state index contributed by atoms with van der Waals surface area (Å²) in [6.45, 7) is 0. The number of hydrogen-bond donors (Lipinski definition) is 0. The van der Waals surface area contributed by atoms with Crippen molar-refractivity contribution >= 4 is 79.6 Å². The lowest BCUT2D eigenvalue weighted by Crippen LogP contribution is -2.38. The van der Waals surface area contributed by atoms with Crippen LogP contribution in [0.1, 0.15) is 15.9 Å². The average molecular weight is 553 g/mol. The first-order valence-electron chi connectivity index (χ1n) is 13.3. The lowest BCUT2D eigenvalue weighted by atomic mass is 9.98. The molecule has 0 saturated carbocycles. The highest BCUT2D eigenvalue weighted by Crippen LogP contribution is 2.38. The summed E-state index contributed by atoms with van der Waals surface area (Å²) < 4.78 is 41.5. The third-order valence-electron chi connectivity index (χ3n) is 7.54. The molecule has 0 atom stereocenters. The monoisotopic (exact) mass is 553 g/mol. The number of fused-ring (bicyclic) bond motifs is 9. The van der Waals surface area contributed by atoms with Crippen LogP contribution in [-0.2, 0) is 0 Å². The Morgan fingerprint density at radius 1 is 0.667 bits per heavy atom. The molecule has 1 aliphatic rings. The molecular formula is C33H18BF2N3O3. The molecule has 6 nitrogen and oxygen atoms in total. The quantitative estimate of drug-likeness (QED) is 0.201. The van der Waals surface area contributed by atoms with Crippen molar-refractivity contribution in [3.8, 4) is 0 Å². The van der Waals surface area contributed by atoms with E-state index < -0.39 is 13.3 Å². The lowest BCUT2D eigenvalue weighted by molar-refractivity contribution is 0.0907. The second-order valence-electron chi connectivity index (χ2n) is 9.94. The standard InChI is InChI=1S/C33H18BF2N3O3/c35-34(36)39-32(38-29-11-5-6-16-37-29)23-17-27-28(18-24(23)33(39)40)42-26-15-13-20-8-2-4-10-22(20)31(26)30-21-9-3-1-7-19(21)12-14-25(30)41-27/h1-18H/b38-32+. The molecular weight excluding hydrogens is 535 g/mol. The minimum Gasteiger partial charge on any atom is -0.453 e. The largest absolute Gasteiger partial charge is 0.681 e. The highest BCUT2D eigenvalue weighted by Gasteiger charge is 2.43. The number of halogens is 2. The number of benzene rings is 5. The van der Waals surface area contributed by atoms with E-state index in [2.05, 4.69) is 9.98 Å². The van der Waals surface area contributed by atoms with Crippen LogP contribution < -0.4 is 0 Å². The number of carbonyl (C=O) groups excluding carboxylic acids is 1. The van der Waals surface area contributed by atoms with E-state index >= 15 is 0 Å². The van der Waals surface area contributed by atoms with Gasteiger partial charge in [-0.15, -0.1) is 0 Å². The maximum atomic E-state index is 14.2. The molecule has 3 heterocycles. The van der Waals surface area contributed by atoms with Crippen molar-refractivity contribution in [1.29, 1.82) is 0 Å². The van der Waals surface area contributed by atoms with Gasteiger partial charge in [-0.2, -0.15) is 0 Å². The van der Waals surface area contributed by atoms with Crippen LogP contribution in [-0.4, -0.2) is 28.9 Å². The predicted octanol–water partition coefficient (Wildman–Crippen LogP) is 8.62. The molecule has 9 heteroatoms. The number of carbonyl (C=O) groups is 1. The van der Waals surface area contributed by atoms with Crippen LogP contribution in [0.15, 0.2) is 123 Å². The van der Waals surface area contributed by atoms with Gasteiger partial charge in [0.2, 0.25) is 0 Å². The number of aromatic nitrogens is 1. The number of hydrogen-bond acceptors (Lipinski definition) is 5. The first-order valence-corrected chi connectivity index (χ1v) is 13.3. The summed E-state index contributed by atoms with van der Waals surface area (Å²) in [6, 6.07) is 31.7. The Bertz CT molecular complexity index is 2330. The molecule has 1 amide bonds. The van der Waals surface area contributed by atoms with E-state index in [4.69, 9.17) is 8.83 Å². The zero-order valence-electron chi connectivity index (χ0n) is 21.8. The molecule has 7 aromatic rings. The summed E-state index contributed by atoms with van der Waals surface area (Å²) in [5.74, 6) is -0.893. The van der Waals surface area contributed by atoms with Crippen LogP contribution in [0.25, 0.3) is 54.6 Å². The second-order valence-corrected chi connectivity index (χ2v) is 9.94. The smallest absolute Gasteiger partial charge is 0.453 e. The summed E-state index contributed by atoms with van der Waals surface area (Å²) >= 11 is 0. The average Bonchev–Trinajstić information content (AvgIpc) is 3.26. The van der Waals surface area contributed by atoms with Gasteiger partial charge in [-0.25, -0.2) is 9.98 Å². The Morgan fingerprint density at radius 3 is 1.81 bits per heavy atom. The summed E-state index contributed by atoms with van der Waals surface area (Å²) in [5.41, 5.74) is 1.85. The highest BCUT2D eigenvalue weighted by atomic mass is 19.2. The van der Waals surface area contributed by atoms with Crippen LogP contribution in [0, 0.1) is 0 Å². The number of rotatable bonds is 2. The molecule has 200 valence electrons. The number of pyridine rings is 1. The van der Waals surface area contributed by atoms with E-state index in [0.717, 1.165) is 32.3 Å². The maximum Gasteiger partial charge on any atom is 0.681 e. The fourth-order valence-corrected chi connectivity index (χ4v) is 5.69. The van der Waals surface area contributed by atoms with E-state index in [1.54, 1.807) is 18.2 Å². The molecule has 5 aromatic carbocycles. The second kappa shape index (κ2) is 9.24. The zero-order chi connectivity index (χ0) is 28.4. The van der Waals surface area contributed by atoms with Gasteiger partial charge in [-0.05, 0) is 57.9 Å². The molecule has 0 saturated heterocycles. The van der Waals surface area contributed by atoms with Gasteiger partial charge < -0.3 is 8.83 Å². The van der Waals surface area contributed by atoms with Gasteiger partial charge in [0.1, 0.15) is 17.0 Å². The zero-order valence-corrected chi connectivity index (χ0v) is 21.8. The molecule has 2 aromatic heterocycles. The first-order chi connectivity index (χ1) is 20.6. The van der Waals surface area contributed by atoms with Gasteiger partial charge in [0.25, 0.3) is 5.91 Å². The number of nitrogens with zero attached hydrogens (tertiary/aromatic N) is 3. The van der Waals surface area contributed by atoms with Gasteiger partial charge in [0.15, 0.2) is 17.0 Å². The van der Waals surface area contributed by atoms with Crippen molar-refractivity contribution < 1.29 is 22.3 Å². The van der Waals surface area contributed by atoms with Gasteiger partial charge in [-0.3, -0.25) is 18.2 Å². The van der Waals surface area contributed by atoms with Crippen LogP contribution in [0.3, 0.4) is 0 Å². The Morgan fingerprint density at radius 2 is 1.24 bits per heavy atom. The van der Waals surface area contributed by atoms with Crippen molar-refractivity contribution in [2.24, 2.45) is 4.99 Å². The number of aliphatic imine (C=N–C) groups is 1. The Kier molecular flexibility index (Phi) is 5.33. The van der Waals surface area contributed by atoms with Gasteiger partial charge >= 0.3 is 7.40 Å². The van der Waals surface area contributed by atoms with E-state index in [-0.39, 0.29) is 33.9 Å². The SMILES string of the molecule is O=C1c2cc3oc4ccc5ccccc5c4c4c(ccc5ccccc54)oc3cc2/C(=N\c2ccccn2)N1B(F)F. The Balaban J connectivity index is 1.53. The summed E-state index contributed by atoms with van der Waals surface area (Å²) in [7, 11) is -3.11. The topological polar surface area (TPSA) is 71.8 Å². The van der Waals surface area contributed by atoms with Gasteiger partial charge in [-0.1, -0.05) is 66.7 Å². The summed E-state index contributed by atoms with van der Waals surface area (Å²) in [4.78, 5) is 22.1. The highest BCUT2D eigenvalue weighted by molar-refractivity contribution is 6.53. The van der Waals surface area contributed by atoms with E-state index in [0.29, 0.717) is 16.0 Å². The van der Waals surface area contributed by atoms with E-state index in [1.807, 2.05) is 72.8 Å². The Labute approximate surface area is 237 Å². The molecule has 0 bridgehead atoms. The molecule has 0 fully saturated rings. The fourth-order valence-electron chi connectivity index (χ4n) is 5.69. The first kappa shape index (κ1) is 24.2. The van der Waals surface area contributed by atoms with Crippen molar-refractivity contribution in [3.63, 3.8) is 0 Å². The molecule has 0 spiro atoms. The van der Waals surface area contributed by atoms with E-state index in [9.17, 15) is 13.4 Å². The number of amidine groups is 1. The van der Waals surface area contributed by atoms with Crippen molar-refractivity contribution in [2.45, 2.75) is 0 Å². The molecule has 42 heavy (non-hydrogen) atoms. The fraction of sp³-hybridized carbons (Fsp3) is 0. The molecule has 0 N–H and O–H groups in total. The summed E-state index contributed by atoms with van der Waals surface area (Å²) in [5, 5.41) is 5.66. The van der Waals surface area contributed by atoms with Crippen LogP contribution >= 0.6 is 0 Å². The third kappa shape index (κ3) is 3.67. The molecule has 0 unspecified atom stereocenters. The lowest BCUT2D eigenvalue weighted by Gasteiger charge is -2.12. The van der Waals surface area contributed by atoms with Crippen LogP contribution in [0.2, 0.25) is 0 Å². The maximum absolute atomic E-state index is 14.2.